The fourth-order valence-corrected chi connectivity index (χ4v) is 2.08. The van der Waals surface area contributed by atoms with Crippen LogP contribution in [-0.4, -0.2) is 22.7 Å². The lowest BCUT2D eigenvalue weighted by Crippen LogP contribution is -2.46. The van der Waals surface area contributed by atoms with Gasteiger partial charge in [0.2, 0.25) is 0 Å². The predicted molar refractivity (Wildman–Crippen MR) is 109 cm³/mol. The molecule has 0 atom stereocenters. The largest absolute Gasteiger partial charge is 0.350 e. The van der Waals surface area contributed by atoms with E-state index in [0.29, 0.717) is 5.11 Å². The van der Waals surface area contributed by atoms with E-state index in [1.165, 1.54) is 0 Å². The van der Waals surface area contributed by atoms with Gasteiger partial charge in [0.25, 0.3) is 0 Å². The molecule has 2 rings (SSSR count). The van der Waals surface area contributed by atoms with E-state index < -0.39 is 5.97 Å². The van der Waals surface area contributed by atoms with Gasteiger partial charge in [0, 0.05) is 11.4 Å². The smallest absolute Gasteiger partial charge is 0.342 e. The number of anilines is 2. The zero-order valence-electron chi connectivity index (χ0n) is 13.6. The summed E-state index contributed by atoms with van der Waals surface area (Å²) in [5, 5.41) is 6.43. The molecule has 8 nitrogen and oxygen atoms in total. The van der Waals surface area contributed by atoms with Crippen LogP contribution in [0.4, 0.5) is 11.4 Å². The normalized spacial score (nSPS) is 9.69. The number of nitrogens with one attached hydrogen (secondary N) is 6. The minimum Gasteiger partial charge on any atom is -0.350 e. The SMILES string of the molecule is O=C(CNNC(=S)Nc1ccccc1)ONNC(=S)Nc1ccccc1. The summed E-state index contributed by atoms with van der Waals surface area (Å²) in [4.78, 5) is 16.3. The first-order valence-corrected chi connectivity index (χ1v) is 8.37. The van der Waals surface area contributed by atoms with Crippen molar-refractivity contribution in [3.8, 4) is 0 Å². The summed E-state index contributed by atoms with van der Waals surface area (Å²) in [6, 6.07) is 18.7. The van der Waals surface area contributed by atoms with Gasteiger partial charge in [-0.1, -0.05) is 42.0 Å². The maximum atomic E-state index is 11.6. The zero-order chi connectivity index (χ0) is 18.6. The molecule has 10 heteroatoms. The van der Waals surface area contributed by atoms with Crippen LogP contribution in [0.15, 0.2) is 60.7 Å². The highest BCUT2D eigenvalue weighted by Gasteiger charge is 2.04. The Kier molecular flexibility index (Phi) is 8.23. The molecule has 0 aliphatic heterocycles. The first-order valence-electron chi connectivity index (χ1n) is 7.55. The van der Waals surface area contributed by atoms with Crippen molar-refractivity contribution in [2.24, 2.45) is 0 Å². The van der Waals surface area contributed by atoms with Gasteiger partial charge in [0.05, 0.1) is 0 Å². The van der Waals surface area contributed by atoms with Crippen molar-refractivity contribution in [1.29, 1.82) is 0 Å². The topological polar surface area (TPSA) is 98.5 Å². The fourth-order valence-electron chi connectivity index (χ4n) is 1.73. The molecular weight excluding hydrogens is 372 g/mol. The van der Waals surface area contributed by atoms with Crippen LogP contribution in [0.25, 0.3) is 0 Å². The summed E-state index contributed by atoms with van der Waals surface area (Å²) in [6.45, 7) is -0.121. The predicted octanol–water partition coefficient (Wildman–Crippen LogP) is 1.43. The highest BCUT2D eigenvalue weighted by atomic mass is 32.1. The Bertz CT molecular complexity index is 669. The lowest BCUT2D eigenvalue weighted by atomic mass is 10.3. The minimum atomic E-state index is -0.574. The zero-order valence-corrected chi connectivity index (χ0v) is 15.2. The average molecular weight is 390 g/mol. The lowest BCUT2D eigenvalue weighted by Gasteiger charge is -2.12. The van der Waals surface area contributed by atoms with Gasteiger partial charge < -0.3 is 15.5 Å². The Hall–Kier alpha value is -2.79. The minimum absolute atomic E-state index is 0.121. The molecule has 2 aromatic rings. The Morgan fingerprint density at radius 3 is 1.85 bits per heavy atom. The summed E-state index contributed by atoms with van der Waals surface area (Å²) in [5.74, 6) is -0.574. The quantitative estimate of drug-likeness (QED) is 0.308. The molecule has 0 saturated heterocycles. The highest BCUT2D eigenvalue weighted by Crippen LogP contribution is 2.04. The molecule has 0 spiro atoms. The number of carbonyl (C=O) groups excluding carboxylic acids is 1. The summed E-state index contributed by atoms with van der Waals surface area (Å²) in [6.07, 6.45) is 0. The van der Waals surface area contributed by atoms with E-state index in [9.17, 15) is 4.79 Å². The second kappa shape index (κ2) is 10.9. The van der Waals surface area contributed by atoms with Crippen molar-refractivity contribution in [2.45, 2.75) is 0 Å². The fraction of sp³-hybridized carbons (Fsp3) is 0.0625. The summed E-state index contributed by atoms with van der Waals surface area (Å²) >= 11 is 10.1. The van der Waals surface area contributed by atoms with Gasteiger partial charge in [-0.3, -0.25) is 10.9 Å². The van der Waals surface area contributed by atoms with E-state index in [4.69, 9.17) is 29.3 Å². The third-order valence-electron chi connectivity index (χ3n) is 2.83. The van der Waals surface area contributed by atoms with Crippen LogP contribution in [0.1, 0.15) is 0 Å². The molecule has 0 aromatic heterocycles. The van der Waals surface area contributed by atoms with Gasteiger partial charge in [-0.25, -0.2) is 10.2 Å². The number of hydrogen-bond donors (Lipinski definition) is 6. The molecule has 136 valence electrons. The number of carbonyl (C=O) groups is 1. The second-order valence-electron chi connectivity index (χ2n) is 4.82. The van der Waals surface area contributed by atoms with Gasteiger partial charge in [0.15, 0.2) is 10.2 Å². The molecule has 0 aliphatic carbocycles. The summed E-state index contributed by atoms with van der Waals surface area (Å²) in [5.41, 5.74) is 11.8. The van der Waals surface area contributed by atoms with E-state index in [2.05, 4.69) is 32.5 Å². The standard InChI is InChI=1S/C16H18N6O2S2/c23-14(11-17-20-15(25)18-12-7-3-1-4-8-12)24-22-21-16(26)19-13-9-5-2-6-10-13/h1-10,17,22H,11H2,(H2,18,20,25)(H2,19,21,26). The molecule has 26 heavy (non-hydrogen) atoms. The molecule has 2 aromatic carbocycles. The molecule has 0 unspecified atom stereocenters. The monoisotopic (exact) mass is 390 g/mol. The van der Waals surface area contributed by atoms with Crippen LogP contribution in [-0.2, 0) is 9.63 Å². The number of hydrogen-bond acceptors (Lipinski definition) is 6. The van der Waals surface area contributed by atoms with E-state index in [1.54, 1.807) is 0 Å². The molecule has 0 radical (unpaired) electrons. The Labute approximate surface area is 161 Å². The highest BCUT2D eigenvalue weighted by molar-refractivity contribution is 7.80. The average Bonchev–Trinajstić information content (AvgIpc) is 2.63. The third kappa shape index (κ3) is 7.85. The van der Waals surface area contributed by atoms with Gasteiger partial charge in [-0.05, 0) is 48.7 Å². The van der Waals surface area contributed by atoms with Crippen LogP contribution < -0.4 is 32.5 Å². The van der Waals surface area contributed by atoms with Gasteiger partial charge in [-0.2, -0.15) is 0 Å². The van der Waals surface area contributed by atoms with Gasteiger partial charge in [0.1, 0.15) is 6.54 Å². The number of benzene rings is 2. The summed E-state index contributed by atoms with van der Waals surface area (Å²) < 4.78 is 0. The molecule has 0 saturated carbocycles. The second-order valence-corrected chi connectivity index (χ2v) is 5.64. The van der Waals surface area contributed by atoms with Crippen molar-refractivity contribution in [3.05, 3.63) is 60.7 Å². The van der Waals surface area contributed by atoms with Crippen molar-refractivity contribution < 1.29 is 9.63 Å². The van der Waals surface area contributed by atoms with Crippen LogP contribution >= 0.6 is 24.4 Å². The molecule has 0 amide bonds. The van der Waals surface area contributed by atoms with E-state index in [-0.39, 0.29) is 11.7 Å². The van der Waals surface area contributed by atoms with Crippen LogP contribution in [0.2, 0.25) is 0 Å². The first kappa shape index (κ1) is 19.5. The maximum absolute atomic E-state index is 11.6. The number of para-hydroxylation sites is 2. The van der Waals surface area contributed by atoms with Crippen molar-refractivity contribution >= 4 is 52.0 Å². The van der Waals surface area contributed by atoms with Crippen LogP contribution in [0.5, 0.6) is 0 Å². The Morgan fingerprint density at radius 1 is 0.808 bits per heavy atom. The van der Waals surface area contributed by atoms with E-state index in [1.807, 2.05) is 60.7 Å². The van der Waals surface area contributed by atoms with Crippen molar-refractivity contribution in [1.82, 2.24) is 21.9 Å². The van der Waals surface area contributed by atoms with Crippen LogP contribution in [0.3, 0.4) is 0 Å². The van der Waals surface area contributed by atoms with Gasteiger partial charge >= 0.3 is 5.97 Å². The molecule has 6 N–H and O–H groups in total. The Morgan fingerprint density at radius 2 is 1.31 bits per heavy atom. The first-order chi connectivity index (χ1) is 12.6. The van der Waals surface area contributed by atoms with E-state index in [0.717, 1.165) is 11.4 Å². The number of hydrazine groups is 2. The molecule has 0 fully saturated rings. The molecule has 0 aliphatic rings. The molecular formula is C16H18N6O2S2. The van der Waals surface area contributed by atoms with Gasteiger partial charge in [-0.15, -0.1) is 0 Å². The van der Waals surface area contributed by atoms with E-state index >= 15 is 0 Å². The Balaban J connectivity index is 1.54. The molecule has 0 heterocycles. The lowest BCUT2D eigenvalue weighted by molar-refractivity contribution is -0.151. The number of thiocarbonyl (C=S) groups is 2. The number of rotatable bonds is 7. The van der Waals surface area contributed by atoms with Crippen molar-refractivity contribution in [2.75, 3.05) is 17.2 Å². The maximum Gasteiger partial charge on any atom is 0.342 e. The van der Waals surface area contributed by atoms with Crippen molar-refractivity contribution in [3.63, 3.8) is 0 Å². The third-order valence-corrected chi connectivity index (χ3v) is 3.24. The summed E-state index contributed by atoms with van der Waals surface area (Å²) in [7, 11) is 0. The van der Waals surface area contributed by atoms with Crippen LogP contribution in [0, 0.1) is 0 Å². The molecule has 0 bridgehead atoms.